The second-order valence-electron chi connectivity index (χ2n) is 6.86. The van der Waals surface area contributed by atoms with Crippen LogP contribution >= 0.6 is 0 Å². The number of methoxy groups -OCH3 is 1. The van der Waals surface area contributed by atoms with E-state index in [9.17, 15) is 0 Å². The molecule has 1 aliphatic rings. The average Bonchev–Trinajstić information content (AvgIpc) is 2.74. The molecule has 1 aliphatic heterocycles. The second-order valence-corrected chi connectivity index (χ2v) is 6.86. The summed E-state index contributed by atoms with van der Waals surface area (Å²) in [5, 5.41) is 8.76. The van der Waals surface area contributed by atoms with E-state index in [1.54, 1.807) is 7.11 Å². The third kappa shape index (κ3) is 3.78. The van der Waals surface area contributed by atoms with Crippen molar-refractivity contribution in [3.05, 3.63) is 89.5 Å². The Balaban J connectivity index is 1.71. The molecular formula is C23H23N4O. The van der Waals surface area contributed by atoms with Gasteiger partial charge in [-0.15, -0.1) is 10.5 Å². The molecule has 0 aliphatic carbocycles. The molecule has 0 unspecified atom stereocenters. The van der Waals surface area contributed by atoms with Crippen LogP contribution < -0.4 is 20.2 Å². The summed E-state index contributed by atoms with van der Waals surface area (Å²) in [7, 11) is 1.66. The maximum Gasteiger partial charge on any atom is 0.199 e. The Morgan fingerprint density at radius 3 is 1.79 bits per heavy atom. The fourth-order valence-corrected chi connectivity index (χ4v) is 3.01. The van der Waals surface area contributed by atoms with Crippen molar-refractivity contribution in [2.75, 3.05) is 23.8 Å². The van der Waals surface area contributed by atoms with Crippen molar-refractivity contribution in [1.29, 1.82) is 0 Å². The van der Waals surface area contributed by atoms with Crippen LogP contribution in [-0.2, 0) is 0 Å². The quantitative estimate of drug-likeness (QED) is 0.679. The molecule has 0 fully saturated rings. The Morgan fingerprint density at radius 2 is 1.25 bits per heavy atom. The number of hydrazone groups is 1. The lowest BCUT2D eigenvalue weighted by Crippen LogP contribution is -2.48. The minimum atomic E-state index is 0.547. The number of ether oxygens (including phenoxy) is 1. The summed E-state index contributed by atoms with van der Waals surface area (Å²) < 4.78 is 5.27. The number of hydrogen-bond donors (Lipinski definition) is 0. The van der Waals surface area contributed by atoms with Gasteiger partial charge in [0.2, 0.25) is 0 Å². The van der Waals surface area contributed by atoms with E-state index in [1.165, 1.54) is 11.1 Å². The zero-order valence-corrected chi connectivity index (χ0v) is 16.3. The van der Waals surface area contributed by atoms with E-state index in [0.29, 0.717) is 12.5 Å². The molecule has 0 amide bonds. The van der Waals surface area contributed by atoms with E-state index in [4.69, 9.17) is 15.3 Å². The monoisotopic (exact) mass is 371 g/mol. The lowest BCUT2D eigenvalue weighted by Gasteiger charge is -2.34. The molecule has 0 atom stereocenters. The third-order valence-corrected chi connectivity index (χ3v) is 4.71. The fourth-order valence-electron chi connectivity index (χ4n) is 3.01. The van der Waals surface area contributed by atoms with Crippen molar-refractivity contribution in [3.63, 3.8) is 0 Å². The van der Waals surface area contributed by atoms with Gasteiger partial charge in [-0.1, -0.05) is 35.4 Å². The van der Waals surface area contributed by atoms with Crippen LogP contribution in [0.4, 0.5) is 11.4 Å². The molecule has 0 saturated heterocycles. The van der Waals surface area contributed by atoms with E-state index in [-0.39, 0.29) is 0 Å². The maximum absolute atomic E-state index is 5.27. The van der Waals surface area contributed by atoms with Gasteiger partial charge in [-0.2, -0.15) is 0 Å². The summed E-state index contributed by atoms with van der Waals surface area (Å²) in [6, 6.07) is 24.5. The predicted molar refractivity (Wildman–Crippen MR) is 114 cm³/mol. The molecule has 0 saturated carbocycles. The molecule has 5 nitrogen and oxygen atoms in total. The first-order valence-corrected chi connectivity index (χ1v) is 9.25. The van der Waals surface area contributed by atoms with E-state index in [1.807, 2.05) is 34.3 Å². The Bertz CT molecular complexity index is 963. The van der Waals surface area contributed by atoms with Gasteiger partial charge in [-0.05, 0) is 62.4 Å². The highest BCUT2D eigenvalue weighted by Crippen LogP contribution is 2.24. The summed E-state index contributed by atoms with van der Waals surface area (Å²) in [5.41, 5.74) is 10.2. The first kappa shape index (κ1) is 17.9. The van der Waals surface area contributed by atoms with Crippen molar-refractivity contribution in [3.8, 4) is 5.75 Å². The molecule has 5 heteroatoms. The molecule has 0 aromatic heterocycles. The van der Waals surface area contributed by atoms with E-state index in [2.05, 4.69) is 62.4 Å². The SMILES string of the molecule is COc1ccc(C2=NN(c3ccc(C)cc3)CN(c3ccc(C)cc3)[N]2)cc1. The Morgan fingerprint density at radius 1 is 0.714 bits per heavy atom. The van der Waals surface area contributed by atoms with Crippen LogP contribution in [0.1, 0.15) is 16.7 Å². The third-order valence-electron chi connectivity index (χ3n) is 4.71. The molecule has 3 aromatic carbocycles. The number of hydrogen-bond acceptors (Lipinski definition) is 4. The highest BCUT2D eigenvalue weighted by atomic mass is 16.5. The van der Waals surface area contributed by atoms with Gasteiger partial charge < -0.3 is 4.74 Å². The van der Waals surface area contributed by atoms with Crippen molar-refractivity contribution < 1.29 is 4.74 Å². The molecule has 1 radical (unpaired) electrons. The molecular weight excluding hydrogens is 348 g/mol. The lowest BCUT2D eigenvalue weighted by molar-refractivity contribution is 0.415. The van der Waals surface area contributed by atoms with Crippen molar-refractivity contribution in [1.82, 2.24) is 5.43 Å². The van der Waals surface area contributed by atoms with Crippen molar-refractivity contribution >= 4 is 17.2 Å². The first-order chi connectivity index (χ1) is 13.6. The summed E-state index contributed by atoms with van der Waals surface area (Å²) in [4.78, 5) is 0. The van der Waals surface area contributed by atoms with Gasteiger partial charge in [-0.3, -0.25) is 0 Å². The Labute approximate surface area is 165 Å². The minimum absolute atomic E-state index is 0.547. The number of benzene rings is 3. The molecule has 141 valence electrons. The number of amidine groups is 1. The van der Waals surface area contributed by atoms with Gasteiger partial charge in [0.25, 0.3) is 0 Å². The van der Waals surface area contributed by atoms with Crippen LogP contribution in [0.15, 0.2) is 77.9 Å². The Kier molecular flexibility index (Phi) is 4.89. The van der Waals surface area contributed by atoms with Gasteiger partial charge in [0.05, 0.1) is 18.5 Å². The van der Waals surface area contributed by atoms with Crippen LogP contribution in [0.3, 0.4) is 0 Å². The average molecular weight is 371 g/mol. The van der Waals surface area contributed by atoms with Crippen molar-refractivity contribution in [2.45, 2.75) is 13.8 Å². The molecule has 0 N–H and O–H groups in total. The molecule has 0 bridgehead atoms. The summed E-state index contributed by atoms with van der Waals surface area (Å²) in [5.74, 6) is 1.47. The molecule has 0 spiro atoms. The van der Waals surface area contributed by atoms with Gasteiger partial charge in [-0.25, -0.2) is 10.0 Å². The largest absolute Gasteiger partial charge is 0.497 e. The summed E-state index contributed by atoms with van der Waals surface area (Å²) in [6.45, 7) is 4.71. The molecule has 4 rings (SSSR count). The molecule has 3 aromatic rings. The normalized spacial score (nSPS) is 13.8. The van der Waals surface area contributed by atoms with Crippen molar-refractivity contribution in [2.24, 2.45) is 5.10 Å². The van der Waals surface area contributed by atoms with E-state index in [0.717, 1.165) is 22.7 Å². The van der Waals surface area contributed by atoms with Gasteiger partial charge in [0.1, 0.15) is 12.4 Å². The highest BCUT2D eigenvalue weighted by Gasteiger charge is 2.23. The van der Waals surface area contributed by atoms with Gasteiger partial charge in [0, 0.05) is 5.56 Å². The second kappa shape index (κ2) is 7.64. The van der Waals surface area contributed by atoms with Crippen LogP contribution in [0.25, 0.3) is 0 Å². The number of anilines is 2. The van der Waals surface area contributed by atoms with Crippen LogP contribution in [-0.4, -0.2) is 19.6 Å². The van der Waals surface area contributed by atoms with E-state index < -0.39 is 0 Å². The zero-order chi connectivity index (χ0) is 19.5. The van der Waals surface area contributed by atoms with Crippen LogP contribution in [0, 0.1) is 13.8 Å². The fraction of sp³-hybridized carbons (Fsp3) is 0.174. The minimum Gasteiger partial charge on any atom is -0.497 e. The van der Waals surface area contributed by atoms with Crippen LogP contribution in [0.2, 0.25) is 0 Å². The smallest absolute Gasteiger partial charge is 0.199 e. The summed E-state index contributed by atoms with van der Waals surface area (Å²) in [6.07, 6.45) is 0. The number of rotatable bonds is 4. The predicted octanol–water partition coefficient (Wildman–Crippen LogP) is 4.48. The Hall–Kier alpha value is -3.47. The van der Waals surface area contributed by atoms with E-state index >= 15 is 0 Å². The van der Waals surface area contributed by atoms with Gasteiger partial charge in [0.15, 0.2) is 5.84 Å². The maximum atomic E-state index is 5.27. The highest BCUT2D eigenvalue weighted by molar-refractivity contribution is 6.00. The number of nitrogens with zero attached hydrogens (tertiary/aromatic N) is 4. The first-order valence-electron chi connectivity index (χ1n) is 9.25. The topological polar surface area (TPSA) is 42.2 Å². The van der Waals surface area contributed by atoms with Gasteiger partial charge >= 0.3 is 0 Å². The zero-order valence-electron chi connectivity index (χ0n) is 16.3. The lowest BCUT2D eigenvalue weighted by atomic mass is 10.2. The number of aryl methyl sites for hydroxylation is 2. The standard InChI is InChI=1S/C23H23N4O/c1-17-4-10-20(11-5-17)26-16-27(21-12-6-18(2)7-13-21)25-23(24-26)19-8-14-22(28-3)15-9-19/h4-15H,16H2,1-3H3. The summed E-state index contributed by atoms with van der Waals surface area (Å²) >= 11 is 0. The molecule has 1 heterocycles. The van der Waals surface area contributed by atoms with Crippen LogP contribution in [0.5, 0.6) is 5.75 Å². The molecule has 28 heavy (non-hydrogen) atoms.